The highest BCUT2D eigenvalue weighted by Crippen LogP contribution is 2.23. The number of hydrogen-bond donors (Lipinski definition) is 2. The molecule has 0 fully saturated rings. The van der Waals surface area contributed by atoms with Crippen LogP contribution in [-0.2, 0) is 4.79 Å². The molecule has 27 heavy (non-hydrogen) atoms. The molecule has 2 aromatic carbocycles. The van der Waals surface area contributed by atoms with Crippen LogP contribution in [0.5, 0.6) is 0 Å². The fraction of sp³-hybridized carbons (Fsp3) is 0.100. The number of benzene rings is 2. The fourth-order valence-electron chi connectivity index (χ4n) is 2.60. The molecule has 3 rings (SSSR count). The summed E-state index contributed by atoms with van der Waals surface area (Å²) < 4.78 is 27.3. The van der Waals surface area contributed by atoms with E-state index in [9.17, 15) is 18.4 Å². The molecule has 138 valence electrons. The highest BCUT2D eigenvalue weighted by Gasteiger charge is 2.18. The maximum atomic E-state index is 13.6. The van der Waals surface area contributed by atoms with E-state index < -0.39 is 23.6 Å². The van der Waals surface area contributed by atoms with Gasteiger partial charge in [-0.05, 0) is 46.8 Å². The highest BCUT2D eigenvalue weighted by molar-refractivity contribution is 7.08. The lowest BCUT2D eigenvalue weighted by molar-refractivity contribution is -0.120. The van der Waals surface area contributed by atoms with Crippen LogP contribution >= 0.6 is 11.3 Å². The Bertz CT molecular complexity index is 899. The van der Waals surface area contributed by atoms with Gasteiger partial charge in [-0.25, -0.2) is 8.78 Å². The highest BCUT2D eigenvalue weighted by atomic mass is 32.1. The van der Waals surface area contributed by atoms with E-state index in [-0.39, 0.29) is 12.5 Å². The first kappa shape index (κ1) is 18.7. The minimum absolute atomic E-state index is 0.254. The average molecular weight is 386 g/mol. The lowest BCUT2D eigenvalue weighted by Crippen LogP contribution is -2.39. The second-order valence-corrected chi connectivity index (χ2v) is 6.59. The summed E-state index contributed by atoms with van der Waals surface area (Å²) in [6.07, 6.45) is 0. The third-order valence-electron chi connectivity index (χ3n) is 3.86. The summed E-state index contributed by atoms with van der Waals surface area (Å²) in [5.41, 5.74) is 1.41. The fourth-order valence-corrected chi connectivity index (χ4v) is 3.24. The molecule has 2 amide bonds. The van der Waals surface area contributed by atoms with Crippen LogP contribution in [-0.4, -0.2) is 18.4 Å². The van der Waals surface area contributed by atoms with Gasteiger partial charge in [0, 0.05) is 10.9 Å². The number of halogens is 2. The smallest absolute Gasteiger partial charge is 0.252 e. The second kappa shape index (κ2) is 8.55. The molecule has 0 bridgehead atoms. The Morgan fingerprint density at radius 1 is 0.963 bits per heavy atom. The van der Waals surface area contributed by atoms with Crippen molar-refractivity contribution in [1.29, 1.82) is 0 Å². The lowest BCUT2D eigenvalue weighted by atomic mass is 9.98. The van der Waals surface area contributed by atoms with Crippen molar-refractivity contribution in [2.75, 3.05) is 6.54 Å². The molecule has 0 spiro atoms. The van der Waals surface area contributed by atoms with Crippen LogP contribution in [0.4, 0.5) is 8.78 Å². The van der Waals surface area contributed by atoms with Crippen LogP contribution in [0.1, 0.15) is 27.5 Å². The van der Waals surface area contributed by atoms with E-state index in [1.165, 1.54) is 47.7 Å². The van der Waals surface area contributed by atoms with E-state index in [1.807, 2.05) is 0 Å². The van der Waals surface area contributed by atoms with Gasteiger partial charge in [0.25, 0.3) is 5.91 Å². The molecule has 0 saturated carbocycles. The van der Waals surface area contributed by atoms with Crippen LogP contribution in [0.2, 0.25) is 0 Å². The number of rotatable bonds is 6. The first-order chi connectivity index (χ1) is 13.0. The predicted molar refractivity (Wildman–Crippen MR) is 99.4 cm³/mol. The van der Waals surface area contributed by atoms with Crippen molar-refractivity contribution in [3.63, 3.8) is 0 Å². The van der Waals surface area contributed by atoms with Gasteiger partial charge in [-0.2, -0.15) is 11.3 Å². The zero-order valence-electron chi connectivity index (χ0n) is 14.1. The molecule has 4 nitrogen and oxygen atoms in total. The van der Waals surface area contributed by atoms with Gasteiger partial charge >= 0.3 is 0 Å². The molecule has 0 unspecified atom stereocenters. The van der Waals surface area contributed by atoms with Crippen molar-refractivity contribution in [3.05, 3.63) is 93.7 Å². The molecule has 0 saturated heterocycles. The largest absolute Gasteiger partial charge is 0.344 e. The summed E-state index contributed by atoms with van der Waals surface area (Å²) in [4.78, 5) is 24.3. The van der Waals surface area contributed by atoms with Crippen molar-refractivity contribution < 1.29 is 18.4 Å². The topological polar surface area (TPSA) is 58.2 Å². The molecule has 0 aliphatic carbocycles. The summed E-state index contributed by atoms with van der Waals surface area (Å²) >= 11 is 1.38. The van der Waals surface area contributed by atoms with Gasteiger partial charge in [0.15, 0.2) is 0 Å². The van der Waals surface area contributed by atoms with Crippen molar-refractivity contribution in [2.24, 2.45) is 0 Å². The molecule has 1 aromatic heterocycles. The predicted octanol–water partition coefficient (Wildman–Crippen LogP) is 3.66. The van der Waals surface area contributed by atoms with Crippen molar-refractivity contribution in [2.45, 2.75) is 6.04 Å². The van der Waals surface area contributed by atoms with Gasteiger partial charge in [-0.3, -0.25) is 9.59 Å². The Morgan fingerprint density at radius 3 is 2.11 bits per heavy atom. The molecule has 3 aromatic rings. The Balaban J connectivity index is 1.75. The van der Waals surface area contributed by atoms with Gasteiger partial charge in [0.1, 0.15) is 11.6 Å². The minimum atomic E-state index is -0.748. The molecule has 0 atom stereocenters. The van der Waals surface area contributed by atoms with Gasteiger partial charge < -0.3 is 10.6 Å². The Kier molecular flexibility index (Phi) is 5.93. The van der Waals surface area contributed by atoms with Crippen LogP contribution < -0.4 is 10.6 Å². The van der Waals surface area contributed by atoms with Gasteiger partial charge in [0.2, 0.25) is 5.91 Å². The third-order valence-corrected chi connectivity index (χ3v) is 4.55. The SMILES string of the molecule is O=C(CNC(=O)c1ccsc1)NC(c1cccc(F)c1)c1cccc(F)c1. The molecule has 1 heterocycles. The Hall–Kier alpha value is -3.06. The van der Waals surface area contributed by atoms with Gasteiger partial charge in [0.05, 0.1) is 12.6 Å². The van der Waals surface area contributed by atoms with Crippen molar-refractivity contribution in [3.8, 4) is 0 Å². The Morgan fingerprint density at radius 2 is 1.59 bits per heavy atom. The quantitative estimate of drug-likeness (QED) is 0.679. The zero-order chi connectivity index (χ0) is 19.2. The van der Waals surface area contributed by atoms with E-state index >= 15 is 0 Å². The van der Waals surface area contributed by atoms with Crippen molar-refractivity contribution in [1.82, 2.24) is 10.6 Å². The van der Waals surface area contributed by atoms with Gasteiger partial charge in [-0.1, -0.05) is 24.3 Å². The number of hydrogen-bond acceptors (Lipinski definition) is 3. The van der Waals surface area contributed by atoms with E-state index in [4.69, 9.17) is 0 Å². The molecule has 0 aliphatic rings. The lowest BCUT2D eigenvalue weighted by Gasteiger charge is -2.20. The number of carbonyl (C=O) groups excluding carboxylic acids is 2. The van der Waals surface area contributed by atoms with E-state index in [0.29, 0.717) is 16.7 Å². The van der Waals surface area contributed by atoms with Gasteiger partial charge in [-0.15, -0.1) is 0 Å². The standard InChI is InChI=1S/C20H16F2N2O2S/c21-16-5-1-3-13(9-16)19(14-4-2-6-17(22)10-14)24-18(25)11-23-20(26)15-7-8-27-12-15/h1-10,12,19H,11H2,(H,23,26)(H,24,25). The maximum Gasteiger partial charge on any atom is 0.252 e. The molecular formula is C20H16F2N2O2S. The van der Waals surface area contributed by atoms with E-state index in [2.05, 4.69) is 10.6 Å². The summed E-state index contributed by atoms with van der Waals surface area (Å²) in [6.45, 7) is -0.254. The summed E-state index contributed by atoms with van der Waals surface area (Å²) in [6, 6.07) is 12.3. The molecule has 2 N–H and O–H groups in total. The zero-order valence-corrected chi connectivity index (χ0v) is 14.9. The summed E-state index contributed by atoms with van der Waals surface area (Å²) in [5.74, 6) is -1.76. The maximum absolute atomic E-state index is 13.6. The van der Waals surface area contributed by atoms with Crippen LogP contribution in [0.25, 0.3) is 0 Å². The number of nitrogens with one attached hydrogen (secondary N) is 2. The van der Waals surface area contributed by atoms with E-state index in [0.717, 1.165) is 0 Å². The monoisotopic (exact) mass is 386 g/mol. The third kappa shape index (κ3) is 4.98. The molecule has 0 aliphatic heterocycles. The molecule has 0 radical (unpaired) electrons. The summed E-state index contributed by atoms with van der Waals surface area (Å²) in [5, 5.41) is 8.68. The number of thiophene rings is 1. The minimum Gasteiger partial charge on any atom is -0.344 e. The first-order valence-corrected chi connectivity index (χ1v) is 9.08. The number of carbonyl (C=O) groups is 2. The summed E-state index contributed by atoms with van der Waals surface area (Å²) in [7, 11) is 0. The number of amides is 2. The van der Waals surface area contributed by atoms with Crippen LogP contribution in [0.15, 0.2) is 65.4 Å². The van der Waals surface area contributed by atoms with Crippen LogP contribution in [0.3, 0.4) is 0 Å². The normalized spacial score (nSPS) is 10.6. The first-order valence-electron chi connectivity index (χ1n) is 8.13. The molecular weight excluding hydrogens is 370 g/mol. The van der Waals surface area contributed by atoms with E-state index in [1.54, 1.807) is 29.0 Å². The Labute approximate surface area is 158 Å². The average Bonchev–Trinajstić information content (AvgIpc) is 3.19. The second-order valence-electron chi connectivity index (χ2n) is 5.81. The van der Waals surface area contributed by atoms with Crippen molar-refractivity contribution >= 4 is 23.2 Å². The molecule has 7 heteroatoms. The van der Waals surface area contributed by atoms with Crippen LogP contribution in [0, 0.1) is 11.6 Å².